The van der Waals surface area contributed by atoms with Crippen LogP contribution in [0.2, 0.25) is 0 Å². The van der Waals surface area contributed by atoms with Gasteiger partial charge in [-0.2, -0.15) is 0 Å². The minimum absolute atomic E-state index is 0.435. The van der Waals surface area contributed by atoms with Gasteiger partial charge >= 0.3 is 0 Å². The number of hydrogen-bond acceptors (Lipinski definition) is 0. The predicted molar refractivity (Wildman–Crippen MR) is 65.0 cm³/mol. The van der Waals surface area contributed by atoms with Crippen LogP contribution in [0.1, 0.15) is 44.1 Å². The molecule has 0 aromatic heterocycles. The van der Waals surface area contributed by atoms with Crippen molar-refractivity contribution in [3.05, 3.63) is 35.9 Å². The number of halogens is 1. The molecule has 0 heterocycles. The Labute approximate surface area is 94.8 Å². The van der Waals surface area contributed by atoms with Crippen molar-refractivity contribution in [3.63, 3.8) is 0 Å². The van der Waals surface area contributed by atoms with Crippen LogP contribution >= 0.6 is 15.9 Å². The maximum absolute atomic E-state index is 3.89. The zero-order valence-corrected chi connectivity index (χ0v) is 10.3. The molecule has 1 saturated carbocycles. The van der Waals surface area contributed by atoms with Gasteiger partial charge < -0.3 is 0 Å². The van der Waals surface area contributed by atoms with E-state index in [4.69, 9.17) is 0 Å². The Morgan fingerprint density at radius 2 is 2.07 bits per heavy atom. The molecule has 1 fully saturated rings. The Morgan fingerprint density at radius 1 is 1.36 bits per heavy atom. The number of alkyl halides is 1. The summed E-state index contributed by atoms with van der Waals surface area (Å²) in [6, 6.07) is 10.9. The Kier molecular flexibility index (Phi) is 2.96. The molecule has 2 rings (SSSR count). The van der Waals surface area contributed by atoms with Gasteiger partial charge in [-0.3, -0.25) is 0 Å². The fourth-order valence-corrected chi connectivity index (χ4v) is 3.00. The van der Waals surface area contributed by atoms with Crippen molar-refractivity contribution in [2.75, 3.05) is 0 Å². The Bertz CT molecular complexity index is 293. The molecule has 1 heteroatoms. The summed E-state index contributed by atoms with van der Waals surface area (Å²) >= 11 is 3.89. The third kappa shape index (κ3) is 2.03. The van der Waals surface area contributed by atoms with Crippen LogP contribution in [0.4, 0.5) is 0 Å². The number of unbranched alkanes of at least 4 members (excludes halogenated alkanes) is 1. The lowest BCUT2D eigenvalue weighted by molar-refractivity contribution is 0.680. The normalized spacial score (nSPS) is 30.3. The summed E-state index contributed by atoms with van der Waals surface area (Å²) in [4.78, 5) is 0. The molecule has 2 atom stereocenters. The SMILES string of the molecule is CCCCC1(Br)CC1c1ccccc1. The van der Waals surface area contributed by atoms with Crippen LogP contribution in [-0.4, -0.2) is 4.32 Å². The molecular formula is C13H17Br. The molecule has 14 heavy (non-hydrogen) atoms. The quantitative estimate of drug-likeness (QED) is 0.693. The smallest absolute Gasteiger partial charge is 0.0333 e. The molecule has 2 unspecified atom stereocenters. The van der Waals surface area contributed by atoms with Crippen LogP contribution in [0.15, 0.2) is 30.3 Å². The molecule has 0 aliphatic heterocycles. The van der Waals surface area contributed by atoms with Crippen molar-refractivity contribution in [1.82, 2.24) is 0 Å². The van der Waals surface area contributed by atoms with Crippen LogP contribution in [0, 0.1) is 0 Å². The van der Waals surface area contributed by atoms with Crippen molar-refractivity contribution < 1.29 is 0 Å². The molecule has 76 valence electrons. The number of benzene rings is 1. The maximum Gasteiger partial charge on any atom is 0.0333 e. The standard InChI is InChI=1S/C13H17Br/c1-2-3-9-13(14)10-12(13)11-7-5-4-6-8-11/h4-8,12H,2-3,9-10H2,1H3. The highest BCUT2D eigenvalue weighted by Crippen LogP contribution is 2.60. The first-order chi connectivity index (χ1) is 6.76. The first-order valence-corrected chi connectivity index (χ1v) is 6.29. The van der Waals surface area contributed by atoms with Crippen LogP contribution < -0.4 is 0 Å². The van der Waals surface area contributed by atoms with E-state index in [1.54, 1.807) is 0 Å². The van der Waals surface area contributed by atoms with Crippen molar-refractivity contribution in [2.45, 2.75) is 42.8 Å². The molecule has 0 nitrogen and oxygen atoms in total. The zero-order valence-electron chi connectivity index (χ0n) is 8.67. The molecule has 1 aromatic carbocycles. The molecule has 0 saturated heterocycles. The topological polar surface area (TPSA) is 0 Å². The highest BCUT2D eigenvalue weighted by Gasteiger charge is 2.51. The fourth-order valence-electron chi connectivity index (χ4n) is 2.13. The van der Waals surface area contributed by atoms with Crippen molar-refractivity contribution in [2.24, 2.45) is 0 Å². The molecule has 1 aliphatic carbocycles. The average molecular weight is 253 g/mol. The van der Waals surface area contributed by atoms with Gasteiger partial charge in [-0.1, -0.05) is 66.0 Å². The first kappa shape index (κ1) is 10.2. The van der Waals surface area contributed by atoms with Gasteiger partial charge in [0.2, 0.25) is 0 Å². The van der Waals surface area contributed by atoms with Crippen molar-refractivity contribution in [3.8, 4) is 0 Å². The van der Waals surface area contributed by atoms with Crippen LogP contribution in [-0.2, 0) is 0 Å². The largest absolute Gasteiger partial charge is 0.0846 e. The molecule has 0 bridgehead atoms. The molecule has 0 N–H and O–H groups in total. The van der Waals surface area contributed by atoms with Crippen LogP contribution in [0.25, 0.3) is 0 Å². The van der Waals surface area contributed by atoms with E-state index in [1.807, 2.05) is 0 Å². The second-order valence-electron chi connectivity index (χ2n) is 4.31. The second-order valence-corrected chi connectivity index (χ2v) is 5.88. The van der Waals surface area contributed by atoms with E-state index in [9.17, 15) is 0 Å². The third-order valence-corrected chi connectivity index (χ3v) is 4.43. The average Bonchev–Trinajstić information content (AvgIpc) is 2.90. The highest BCUT2D eigenvalue weighted by molar-refractivity contribution is 9.10. The van der Waals surface area contributed by atoms with E-state index >= 15 is 0 Å². The lowest BCUT2D eigenvalue weighted by Crippen LogP contribution is -2.00. The third-order valence-electron chi connectivity index (χ3n) is 3.16. The van der Waals surface area contributed by atoms with E-state index in [0.717, 1.165) is 5.92 Å². The lowest BCUT2D eigenvalue weighted by atomic mass is 10.1. The summed E-state index contributed by atoms with van der Waals surface area (Å²) in [5, 5.41) is 0. The summed E-state index contributed by atoms with van der Waals surface area (Å²) in [7, 11) is 0. The van der Waals surface area contributed by atoms with Crippen LogP contribution in [0.5, 0.6) is 0 Å². The molecule has 0 spiro atoms. The summed E-state index contributed by atoms with van der Waals surface area (Å²) in [6.45, 7) is 2.26. The van der Waals surface area contributed by atoms with Gasteiger partial charge in [-0.15, -0.1) is 0 Å². The molecular weight excluding hydrogens is 236 g/mol. The van der Waals surface area contributed by atoms with Gasteiger partial charge in [0.05, 0.1) is 0 Å². The predicted octanol–water partition coefficient (Wildman–Crippen LogP) is 4.50. The summed E-state index contributed by atoms with van der Waals surface area (Å²) in [5.74, 6) is 0.759. The van der Waals surface area contributed by atoms with Gasteiger partial charge in [0.15, 0.2) is 0 Å². The van der Waals surface area contributed by atoms with Gasteiger partial charge in [0, 0.05) is 10.2 Å². The molecule has 0 amide bonds. The van der Waals surface area contributed by atoms with E-state index < -0.39 is 0 Å². The highest BCUT2D eigenvalue weighted by atomic mass is 79.9. The maximum atomic E-state index is 3.89. The molecule has 0 radical (unpaired) electrons. The van der Waals surface area contributed by atoms with Gasteiger partial charge in [-0.25, -0.2) is 0 Å². The Hall–Kier alpha value is -0.300. The minimum Gasteiger partial charge on any atom is -0.0846 e. The number of rotatable bonds is 4. The Balaban J connectivity index is 1.98. The molecule has 1 aromatic rings. The lowest BCUT2D eigenvalue weighted by Gasteiger charge is -2.08. The van der Waals surface area contributed by atoms with Crippen molar-refractivity contribution >= 4 is 15.9 Å². The zero-order chi connectivity index (χ0) is 10.0. The van der Waals surface area contributed by atoms with Gasteiger partial charge in [-0.05, 0) is 18.4 Å². The van der Waals surface area contributed by atoms with Crippen LogP contribution in [0.3, 0.4) is 0 Å². The first-order valence-electron chi connectivity index (χ1n) is 5.50. The Morgan fingerprint density at radius 3 is 2.71 bits per heavy atom. The summed E-state index contributed by atoms with van der Waals surface area (Å²) in [5.41, 5.74) is 1.50. The number of hydrogen-bond donors (Lipinski definition) is 0. The fraction of sp³-hybridized carbons (Fsp3) is 0.538. The van der Waals surface area contributed by atoms with Gasteiger partial charge in [0.25, 0.3) is 0 Å². The summed E-state index contributed by atoms with van der Waals surface area (Å²) < 4.78 is 0.435. The van der Waals surface area contributed by atoms with E-state index in [2.05, 4.69) is 53.2 Å². The second kappa shape index (κ2) is 4.06. The van der Waals surface area contributed by atoms with Gasteiger partial charge in [0.1, 0.15) is 0 Å². The van der Waals surface area contributed by atoms with Crippen molar-refractivity contribution in [1.29, 1.82) is 0 Å². The van der Waals surface area contributed by atoms with E-state index in [0.29, 0.717) is 4.32 Å². The van der Waals surface area contributed by atoms with E-state index in [1.165, 1.54) is 31.2 Å². The molecule has 1 aliphatic rings. The monoisotopic (exact) mass is 252 g/mol. The van der Waals surface area contributed by atoms with E-state index in [-0.39, 0.29) is 0 Å². The summed E-state index contributed by atoms with van der Waals surface area (Å²) in [6.07, 6.45) is 5.28. The minimum atomic E-state index is 0.435.